The minimum Gasteiger partial charge on any atom is -0.489 e. The van der Waals surface area contributed by atoms with Crippen LogP contribution < -0.4 is 4.74 Å². The number of aromatic nitrogens is 1. The largest absolute Gasteiger partial charge is 0.489 e. The summed E-state index contributed by atoms with van der Waals surface area (Å²) < 4.78 is 6.00. The van der Waals surface area contributed by atoms with E-state index >= 15 is 0 Å². The first-order valence-corrected chi connectivity index (χ1v) is 8.70. The standard InChI is InChI=1S/C21H23NO/c1-2-7-11-20-18(10-6-1)19-14-17(12-13-21(19)22-20)23-15-16-8-4-3-5-9-16/h3-5,8-9,12-14,22H,1-2,6-7,10-11,15H2. The number of benzene rings is 2. The fourth-order valence-corrected chi connectivity index (χ4v) is 3.57. The molecule has 0 radical (unpaired) electrons. The van der Waals surface area contributed by atoms with E-state index in [0.29, 0.717) is 6.61 Å². The predicted octanol–water partition coefficient (Wildman–Crippen LogP) is 5.41. The van der Waals surface area contributed by atoms with Crippen LogP contribution >= 0.6 is 0 Å². The molecule has 1 aliphatic carbocycles. The number of aryl methyl sites for hydroxylation is 2. The van der Waals surface area contributed by atoms with Gasteiger partial charge in [-0.15, -0.1) is 0 Å². The Morgan fingerprint density at radius 2 is 1.70 bits per heavy atom. The maximum Gasteiger partial charge on any atom is 0.120 e. The van der Waals surface area contributed by atoms with Crippen LogP contribution in [-0.2, 0) is 19.4 Å². The van der Waals surface area contributed by atoms with E-state index in [2.05, 4.69) is 47.4 Å². The van der Waals surface area contributed by atoms with Crippen LogP contribution in [0.15, 0.2) is 48.5 Å². The average Bonchev–Trinajstić information content (AvgIpc) is 2.90. The first kappa shape index (κ1) is 14.4. The van der Waals surface area contributed by atoms with Gasteiger partial charge in [0.2, 0.25) is 0 Å². The van der Waals surface area contributed by atoms with E-state index in [1.807, 2.05) is 6.07 Å². The van der Waals surface area contributed by atoms with Gasteiger partial charge in [-0.3, -0.25) is 0 Å². The fraction of sp³-hybridized carbons (Fsp3) is 0.333. The first-order valence-electron chi connectivity index (χ1n) is 8.70. The normalized spacial score (nSPS) is 15.0. The third-order valence-corrected chi connectivity index (χ3v) is 4.82. The fourth-order valence-electron chi connectivity index (χ4n) is 3.57. The zero-order valence-electron chi connectivity index (χ0n) is 13.5. The highest BCUT2D eigenvalue weighted by atomic mass is 16.5. The van der Waals surface area contributed by atoms with Gasteiger partial charge in [0, 0.05) is 16.6 Å². The van der Waals surface area contributed by atoms with Crippen LogP contribution in [0, 0.1) is 0 Å². The van der Waals surface area contributed by atoms with Crippen molar-refractivity contribution in [3.8, 4) is 5.75 Å². The first-order chi connectivity index (χ1) is 11.4. The van der Waals surface area contributed by atoms with Crippen LogP contribution in [0.1, 0.15) is 42.5 Å². The summed E-state index contributed by atoms with van der Waals surface area (Å²) in [5, 5.41) is 1.35. The van der Waals surface area contributed by atoms with Gasteiger partial charge >= 0.3 is 0 Å². The molecule has 2 nitrogen and oxygen atoms in total. The number of H-pyrrole nitrogens is 1. The van der Waals surface area contributed by atoms with E-state index in [9.17, 15) is 0 Å². The molecule has 0 spiro atoms. The molecule has 0 fully saturated rings. The number of aromatic amines is 1. The van der Waals surface area contributed by atoms with Gasteiger partial charge in [-0.05, 0) is 55.0 Å². The zero-order chi connectivity index (χ0) is 15.5. The van der Waals surface area contributed by atoms with E-state index < -0.39 is 0 Å². The van der Waals surface area contributed by atoms with Gasteiger partial charge in [0.25, 0.3) is 0 Å². The Kier molecular flexibility index (Phi) is 4.06. The summed E-state index contributed by atoms with van der Waals surface area (Å²) in [6, 6.07) is 16.8. The molecule has 1 aromatic heterocycles. The van der Waals surface area contributed by atoms with Crippen molar-refractivity contribution in [2.24, 2.45) is 0 Å². The minimum absolute atomic E-state index is 0.624. The van der Waals surface area contributed by atoms with Crippen molar-refractivity contribution in [3.63, 3.8) is 0 Å². The third-order valence-electron chi connectivity index (χ3n) is 4.82. The van der Waals surface area contributed by atoms with E-state index in [1.54, 1.807) is 0 Å². The second-order valence-corrected chi connectivity index (χ2v) is 6.48. The van der Waals surface area contributed by atoms with Crippen LogP contribution in [0.4, 0.5) is 0 Å². The van der Waals surface area contributed by atoms with Crippen LogP contribution in [0.2, 0.25) is 0 Å². The molecule has 1 N–H and O–H groups in total. The van der Waals surface area contributed by atoms with Gasteiger partial charge in [0.1, 0.15) is 12.4 Å². The van der Waals surface area contributed by atoms with Crippen molar-refractivity contribution in [2.75, 3.05) is 0 Å². The number of fused-ring (bicyclic) bond motifs is 3. The molecule has 3 aromatic rings. The Morgan fingerprint density at radius 1 is 0.870 bits per heavy atom. The molecule has 1 aliphatic rings. The number of rotatable bonds is 3. The van der Waals surface area contributed by atoms with E-state index in [-0.39, 0.29) is 0 Å². The summed E-state index contributed by atoms with van der Waals surface area (Å²) in [5.41, 5.74) is 5.42. The molecule has 2 aromatic carbocycles. The molecule has 4 rings (SSSR count). The van der Waals surface area contributed by atoms with Gasteiger partial charge in [0.15, 0.2) is 0 Å². The molecule has 1 heterocycles. The summed E-state index contributed by atoms with van der Waals surface area (Å²) >= 11 is 0. The van der Waals surface area contributed by atoms with Crippen molar-refractivity contribution in [1.29, 1.82) is 0 Å². The van der Waals surface area contributed by atoms with Crippen molar-refractivity contribution in [1.82, 2.24) is 4.98 Å². The molecule has 2 heteroatoms. The highest BCUT2D eigenvalue weighted by Gasteiger charge is 2.14. The Hall–Kier alpha value is -2.22. The topological polar surface area (TPSA) is 25.0 Å². The lowest BCUT2D eigenvalue weighted by molar-refractivity contribution is 0.306. The molecule has 118 valence electrons. The number of nitrogens with one attached hydrogen (secondary N) is 1. The van der Waals surface area contributed by atoms with E-state index in [1.165, 1.54) is 66.2 Å². The number of hydrogen-bond acceptors (Lipinski definition) is 1. The molecule has 0 amide bonds. The predicted molar refractivity (Wildman–Crippen MR) is 94.9 cm³/mol. The van der Waals surface area contributed by atoms with Gasteiger partial charge in [-0.2, -0.15) is 0 Å². The Labute approximate surface area is 137 Å². The van der Waals surface area contributed by atoms with Gasteiger partial charge in [0.05, 0.1) is 0 Å². The molecule has 0 atom stereocenters. The lowest BCUT2D eigenvalue weighted by atomic mass is 9.97. The van der Waals surface area contributed by atoms with Crippen molar-refractivity contribution in [3.05, 3.63) is 65.4 Å². The number of hydrogen-bond donors (Lipinski definition) is 1. The molecule has 0 bridgehead atoms. The summed E-state index contributed by atoms with van der Waals surface area (Å²) in [6.07, 6.45) is 7.70. The molecular formula is C21H23NO. The average molecular weight is 305 g/mol. The van der Waals surface area contributed by atoms with Gasteiger partial charge < -0.3 is 9.72 Å². The summed E-state index contributed by atoms with van der Waals surface area (Å²) in [5.74, 6) is 0.963. The lowest BCUT2D eigenvalue weighted by Gasteiger charge is -2.10. The second-order valence-electron chi connectivity index (χ2n) is 6.48. The molecule has 23 heavy (non-hydrogen) atoms. The number of ether oxygens (including phenoxy) is 1. The Balaban J connectivity index is 1.60. The summed E-state index contributed by atoms with van der Waals surface area (Å²) in [7, 11) is 0. The quantitative estimate of drug-likeness (QED) is 0.688. The highest BCUT2D eigenvalue weighted by Crippen LogP contribution is 2.30. The summed E-state index contributed by atoms with van der Waals surface area (Å²) in [6.45, 7) is 0.624. The van der Waals surface area contributed by atoms with Crippen molar-refractivity contribution in [2.45, 2.75) is 45.1 Å². The summed E-state index contributed by atoms with van der Waals surface area (Å²) in [4.78, 5) is 3.63. The maximum absolute atomic E-state index is 6.00. The smallest absolute Gasteiger partial charge is 0.120 e. The highest BCUT2D eigenvalue weighted by molar-refractivity contribution is 5.86. The molecule has 0 unspecified atom stereocenters. The van der Waals surface area contributed by atoms with Crippen LogP contribution in [-0.4, -0.2) is 4.98 Å². The van der Waals surface area contributed by atoms with Crippen LogP contribution in [0.5, 0.6) is 5.75 Å². The van der Waals surface area contributed by atoms with Crippen molar-refractivity contribution < 1.29 is 4.74 Å². The Bertz CT molecular complexity index is 788. The van der Waals surface area contributed by atoms with E-state index in [0.717, 1.165) is 5.75 Å². The zero-order valence-corrected chi connectivity index (χ0v) is 13.5. The van der Waals surface area contributed by atoms with Gasteiger partial charge in [-0.25, -0.2) is 0 Å². The maximum atomic E-state index is 6.00. The molecule has 0 saturated heterocycles. The van der Waals surface area contributed by atoms with E-state index in [4.69, 9.17) is 4.74 Å². The minimum atomic E-state index is 0.624. The monoisotopic (exact) mass is 305 g/mol. The van der Waals surface area contributed by atoms with Crippen LogP contribution in [0.25, 0.3) is 10.9 Å². The Morgan fingerprint density at radius 3 is 2.57 bits per heavy atom. The molecule has 0 aliphatic heterocycles. The van der Waals surface area contributed by atoms with Crippen LogP contribution in [0.3, 0.4) is 0 Å². The van der Waals surface area contributed by atoms with Gasteiger partial charge in [-0.1, -0.05) is 43.2 Å². The SMILES string of the molecule is c1ccc(COc2ccc3[nH]c4c(c3c2)CCCCCC4)cc1. The molecular weight excluding hydrogens is 282 g/mol. The van der Waals surface area contributed by atoms with Crippen molar-refractivity contribution >= 4 is 10.9 Å². The molecule has 0 saturated carbocycles. The third kappa shape index (κ3) is 3.12. The second kappa shape index (κ2) is 6.49. The lowest BCUT2D eigenvalue weighted by Crippen LogP contribution is -1.98.